The maximum absolute atomic E-state index is 13.1. The SMILES string of the molecule is O=C(c1ccsc1)N1CCC[C@@]2(CCN(Cc3cccnc3)C2=O)C1. The lowest BCUT2D eigenvalue weighted by Crippen LogP contribution is -2.49. The molecule has 0 radical (unpaired) electrons. The summed E-state index contributed by atoms with van der Waals surface area (Å²) in [7, 11) is 0. The van der Waals surface area contributed by atoms with Crippen molar-refractivity contribution in [2.24, 2.45) is 5.41 Å². The van der Waals surface area contributed by atoms with Gasteiger partial charge in [-0.15, -0.1) is 0 Å². The molecule has 5 nitrogen and oxygen atoms in total. The van der Waals surface area contributed by atoms with Crippen molar-refractivity contribution in [2.45, 2.75) is 25.8 Å². The van der Waals surface area contributed by atoms with Gasteiger partial charge in [0, 0.05) is 44.0 Å². The zero-order chi connectivity index (χ0) is 17.3. The molecule has 2 amide bonds. The standard InChI is InChI=1S/C19H21N3O2S/c23-17(16-4-10-25-13-16)22-8-2-5-19(14-22)6-9-21(18(19)24)12-15-3-1-7-20-11-15/h1,3-4,7,10-11,13H,2,5-6,8-9,12,14H2/t19-/m1/s1. The molecular weight excluding hydrogens is 334 g/mol. The van der Waals surface area contributed by atoms with Crippen LogP contribution in [0.2, 0.25) is 0 Å². The highest BCUT2D eigenvalue weighted by Gasteiger charge is 2.49. The van der Waals surface area contributed by atoms with Crippen molar-refractivity contribution in [3.05, 3.63) is 52.5 Å². The molecule has 6 heteroatoms. The lowest BCUT2D eigenvalue weighted by atomic mass is 9.78. The maximum Gasteiger partial charge on any atom is 0.254 e. The molecule has 2 aliphatic rings. The van der Waals surface area contributed by atoms with Crippen LogP contribution in [-0.4, -0.2) is 46.2 Å². The Morgan fingerprint density at radius 1 is 1.28 bits per heavy atom. The number of carbonyl (C=O) groups excluding carboxylic acids is 2. The van der Waals surface area contributed by atoms with E-state index in [2.05, 4.69) is 4.98 Å². The Kier molecular flexibility index (Phi) is 4.29. The zero-order valence-electron chi connectivity index (χ0n) is 14.1. The van der Waals surface area contributed by atoms with Gasteiger partial charge in [-0.2, -0.15) is 11.3 Å². The molecule has 4 heterocycles. The highest BCUT2D eigenvalue weighted by Crippen LogP contribution is 2.41. The van der Waals surface area contributed by atoms with Crippen LogP contribution >= 0.6 is 11.3 Å². The monoisotopic (exact) mass is 355 g/mol. The molecule has 0 saturated carbocycles. The molecule has 0 unspecified atom stereocenters. The van der Waals surface area contributed by atoms with E-state index in [1.165, 1.54) is 11.3 Å². The second-order valence-electron chi connectivity index (χ2n) is 6.96. The second-order valence-corrected chi connectivity index (χ2v) is 7.74. The van der Waals surface area contributed by atoms with E-state index >= 15 is 0 Å². The maximum atomic E-state index is 13.1. The quantitative estimate of drug-likeness (QED) is 0.851. The van der Waals surface area contributed by atoms with Gasteiger partial charge >= 0.3 is 0 Å². The number of amides is 2. The van der Waals surface area contributed by atoms with Crippen molar-refractivity contribution in [1.82, 2.24) is 14.8 Å². The van der Waals surface area contributed by atoms with Gasteiger partial charge in [-0.05, 0) is 42.3 Å². The van der Waals surface area contributed by atoms with Crippen LogP contribution in [0.5, 0.6) is 0 Å². The molecule has 0 aromatic carbocycles. The molecule has 0 N–H and O–H groups in total. The first-order valence-electron chi connectivity index (χ1n) is 8.68. The lowest BCUT2D eigenvalue weighted by Gasteiger charge is -2.39. The Morgan fingerprint density at radius 2 is 2.20 bits per heavy atom. The first-order chi connectivity index (χ1) is 12.2. The van der Waals surface area contributed by atoms with Crippen LogP contribution in [0.3, 0.4) is 0 Å². The third kappa shape index (κ3) is 3.06. The minimum absolute atomic E-state index is 0.0545. The molecule has 2 aromatic rings. The summed E-state index contributed by atoms with van der Waals surface area (Å²) < 4.78 is 0. The molecule has 0 aliphatic carbocycles. The highest BCUT2D eigenvalue weighted by atomic mass is 32.1. The Balaban J connectivity index is 1.48. The Morgan fingerprint density at radius 3 is 2.96 bits per heavy atom. The number of nitrogens with zero attached hydrogens (tertiary/aromatic N) is 3. The van der Waals surface area contributed by atoms with Crippen LogP contribution in [0.1, 0.15) is 35.2 Å². The number of piperidine rings is 1. The summed E-state index contributed by atoms with van der Waals surface area (Å²) in [5.74, 6) is 0.248. The van der Waals surface area contributed by atoms with Gasteiger partial charge in [0.2, 0.25) is 5.91 Å². The van der Waals surface area contributed by atoms with E-state index in [-0.39, 0.29) is 11.8 Å². The molecule has 1 atom stereocenters. The Labute approximate surface area is 151 Å². The van der Waals surface area contributed by atoms with Gasteiger partial charge < -0.3 is 9.80 Å². The summed E-state index contributed by atoms with van der Waals surface area (Å²) in [6.07, 6.45) is 6.15. The molecule has 2 aliphatic heterocycles. The predicted octanol–water partition coefficient (Wildman–Crippen LogP) is 2.80. The summed E-state index contributed by atoms with van der Waals surface area (Å²) in [5, 5.41) is 3.80. The fourth-order valence-corrected chi connectivity index (χ4v) is 4.64. The molecule has 25 heavy (non-hydrogen) atoms. The van der Waals surface area contributed by atoms with Crippen molar-refractivity contribution in [3.63, 3.8) is 0 Å². The number of pyridine rings is 1. The van der Waals surface area contributed by atoms with Crippen molar-refractivity contribution in [2.75, 3.05) is 19.6 Å². The molecule has 2 saturated heterocycles. The van der Waals surface area contributed by atoms with Crippen LogP contribution in [0, 0.1) is 5.41 Å². The van der Waals surface area contributed by atoms with Gasteiger partial charge in [0.05, 0.1) is 11.0 Å². The Bertz CT molecular complexity index is 762. The molecule has 130 valence electrons. The van der Waals surface area contributed by atoms with E-state index in [1.807, 2.05) is 45.0 Å². The topological polar surface area (TPSA) is 53.5 Å². The summed E-state index contributed by atoms with van der Waals surface area (Å²) in [6.45, 7) is 2.65. The first-order valence-corrected chi connectivity index (χ1v) is 9.62. The van der Waals surface area contributed by atoms with E-state index in [9.17, 15) is 9.59 Å². The lowest BCUT2D eigenvalue weighted by molar-refractivity contribution is -0.138. The van der Waals surface area contributed by atoms with Gasteiger partial charge in [-0.25, -0.2) is 0 Å². The van der Waals surface area contributed by atoms with Crippen LogP contribution in [0.25, 0.3) is 0 Å². The number of thiophene rings is 1. The number of hydrogen-bond acceptors (Lipinski definition) is 4. The summed E-state index contributed by atoms with van der Waals surface area (Å²) in [6, 6.07) is 5.76. The van der Waals surface area contributed by atoms with E-state index in [0.717, 1.165) is 43.5 Å². The van der Waals surface area contributed by atoms with Gasteiger partial charge in [0.25, 0.3) is 5.91 Å². The number of aromatic nitrogens is 1. The van der Waals surface area contributed by atoms with Gasteiger partial charge in [-0.3, -0.25) is 14.6 Å². The number of rotatable bonds is 3. The van der Waals surface area contributed by atoms with Gasteiger partial charge in [-0.1, -0.05) is 6.07 Å². The normalized spacial score (nSPS) is 23.4. The van der Waals surface area contributed by atoms with Crippen molar-refractivity contribution < 1.29 is 9.59 Å². The summed E-state index contributed by atoms with van der Waals surface area (Å²) >= 11 is 1.53. The molecule has 1 spiro atoms. The van der Waals surface area contributed by atoms with E-state index in [1.54, 1.807) is 6.20 Å². The fourth-order valence-electron chi connectivity index (χ4n) is 4.01. The van der Waals surface area contributed by atoms with Gasteiger partial charge in [0.15, 0.2) is 0 Å². The minimum Gasteiger partial charge on any atom is -0.338 e. The average molecular weight is 355 g/mol. The highest BCUT2D eigenvalue weighted by molar-refractivity contribution is 7.08. The largest absolute Gasteiger partial charge is 0.338 e. The third-order valence-electron chi connectivity index (χ3n) is 5.33. The molecule has 0 bridgehead atoms. The molecule has 4 rings (SSSR count). The van der Waals surface area contributed by atoms with Crippen LogP contribution in [0.4, 0.5) is 0 Å². The fraction of sp³-hybridized carbons (Fsp3) is 0.421. The average Bonchev–Trinajstić information content (AvgIpc) is 3.28. The van der Waals surface area contributed by atoms with E-state index in [4.69, 9.17) is 0 Å². The van der Waals surface area contributed by atoms with Crippen molar-refractivity contribution in [1.29, 1.82) is 0 Å². The third-order valence-corrected chi connectivity index (χ3v) is 6.01. The smallest absolute Gasteiger partial charge is 0.254 e. The zero-order valence-corrected chi connectivity index (χ0v) is 14.9. The number of carbonyl (C=O) groups is 2. The van der Waals surface area contributed by atoms with Crippen molar-refractivity contribution in [3.8, 4) is 0 Å². The Hall–Kier alpha value is -2.21. The van der Waals surface area contributed by atoms with Crippen molar-refractivity contribution >= 4 is 23.2 Å². The molecule has 2 fully saturated rings. The number of hydrogen-bond donors (Lipinski definition) is 0. The first kappa shape index (κ1) is 16.3. The van der Waals surface area contributed by atoms with Crippen LogP contribution < -0.4 is 0 Å². The molecular formula is C19H21N3O2S. The second kappa shape index (κ2) is 6.59. The number of likely N-dealkylation sites (tertiary alicyclic amines) is 2. The van der Waals surface area contributed by atoms with E-state index in [0.29, 0.717) is 13.1 Å². The summed E-state index contributed by atoms with van der Waals surface area (Å²) in [5.41, 5.74) is 1.39. The van der Waals surface area contributed by atoms with Gasteiger partial charge in [0.1, 0.15) is 0 Å². The minimum atomic E-state index is -0.397. The van der Waals surface area contributed by atoms with Crippen LogP contribution in [-0.2, 0) is 11.3 Å². The van der Waals surface area contributed by atoms with Crippen LogP contribution in [0.15, 0.2) is 41.4 Å². The predicted molar refractivity (Wildman–Crippen MR) is 96.2 cm³/mol. The molecule has 2 aromatic heterocycles. The summed E-state index contributed by atoms with van der Waals surface area (Å²) in [4.78, 5) is 33.7. The van der Waals surface area contributed by atoms with E-state index < -0.39 is 5.41 Å².